The molecule has 0 aromatic rings. The van der Waals surface area contributed by atoms with Crippen LogP contribution in [0.5, 0.6) is 0 Å². The molecule has 2 N–H and O–H groups in total. The minimum absolute atomic E-state index is 0.186. The molecule has 23 heavy (non-hydrogen) atoms. The van der Waals surface area contributed by atoms with Crippen LogP contribution in [-0.2, 0) is 4.79 Å². The number of amides is 1. The molecule has 2 rings (SSSR count). The second kappa shape index (κ2) is 9.75. The fourth-order valence-electron chi connectivity index (χ4n) is 3.42. The first-order chi connectivity index (χ1) is 11.2. The number of nitrogens with one attached hydrogen (secondary N) is 2. The monoisotopic (exact) mass is 323 g/mol. The highest BCUT2D eigenvalue weighted by Crippen LogP contribution is 2.10. The van der Waals surface area contributed by atoms with Gasteiger partial charge in [-0.25, -0.2) is 0 Å². The molecule has 0 radical (unpaired) electrons. The van der Waals surface area contributed by atoms with Crippen molar-refractivity contribution < 1.29 is 4.79 Å². The number of hydrogen-bond acceptors (Lipinski definition) is 3. The Hall–Kier alpha value is -1.30. The zero-order valence-corrected chi connectivity index (χ0v) is 14.8. The van der Waals surface area contributed by atoms with E-state index in [1.807, 2.05) is 4.90 Å². The van der Waals surface area contributed by atoms with Crippen LogP contribution < -0.4 is 10.6 Å². The number of rotatable bonds is 5. The molecule has 0 aromatic carbocycles. The van der Waals surface area contributed by atoms with E-state index < -0.39 is 0 Å². The maximum atomic E-state index is 12.2. The molecule has 0 unspecified atom stereocenters. The van der Waals surface area contributed by atoms with Crippen molar-refractivity contribution in [1.82, 2.24) is 20.4 Å². The number of aliphatic imine (C=N–C) groups is 1. The zero-order chi connectivity index (χ0) is 16.5. The molecule has 0 saturated carbocycles. The van der Waals surface area contributed by atoms with E-state index in [9.17, 15) is 4.79 Å². The Morgan fingerprint density at radius 3 is 2.43 bits per heavy atom. The molecule has 0 aliphatic carbocycles. The van der Waals surface area contributed by atoms with Gasteiger partial charge >= 0.3 is 0 Å². The van der Waals surface area contributed by atoms with Gasteiger partial charge in [-0.05, 0) is 45.1 Å². The van der Waals surface area contributed by atoms with Crippen LogP contribution in [0, 0.1) is 0 Å². The third-order valence-corrected chi connectivity index (χ3v) is 4.81. The first-order valence-corrected chi connectivity index (χ1v) is 9.20. The molecule has 2 saturated heterocycles. The smallest absolute Gasteiger partial charge is 0.241 e. The summed E-state index contributed by atoms with van der Waals surface area (Å²) in [4.78, 5) is 21.0. The number of guanidine groups is 1. The standard InChI is InChI=1S/C17H33N5O/c1-3-9-21-12-7-15(8-13-21)20-17(18-2)19-14-16(23)22-10-5-4-6-11-22/h15H,3-14H2,1-2H3,(H2,18,19,20). The molecule has 2 heterocycles. The summed E-state index contributed by atoms with van der Waals surface area (Å²) in [6.07, 6.45) is 7.02. The Morgan fingerprint density at radius 1 is 1.13 bits per heavy atom. The van der Waals surface area contributed by atoms with Crippen molar-refractivity contribution in [3.8, 4) is 0 Å². The first-order valence-electron chi connectivity index (χ1n) is 9.20. The maximum absolute atomic E-state index is 12.2. The van der Waals surface area contributed by atoms with Crippen LogP contribution in [0.1, 0.15) is 45.4 Å². The van der Waals surface area contributed by atoms with Crippen molar-refractivity contribution in [2.24, 2.45) is 4.99 Å². The van der Waals surface area contributed by atoms with Crippen molar-refractivity contribution in [2.45, 2.75) is 51.5 Å². The fourth-order valence-corrected chi connectivity index (χ4v) is 3.42. The molecule has 6 nitrogen and oxygen atoms in total. The molecule has 0 aromatic heterocycles. The van der Waals surface area contributed by atoms with Crippen molar-refractivity contribution in [2.75, 3.05) is 46.3 Å². The molecule has 132 valence electrons. The van der Waals surface area contributed by atoms with Gasteiger partial charge in [0, 0.05) is 39.3 Å². The van der Waals surface area contributed by atoms with Crippen LogP contribution in [0.25, 0.3) is 0 Å². The minimum Gasteiger partial charge on any atom is -0.354 e. The Kier molecular flexibility index (Phi) is 7.65. The average Bonchev–Trinajstić information content (AvgIpc) is 2.60. The quantitative estimate of drug-likeness (QED) is 0.586. The summed E-state index contributed by atoms with van der Waals surface area (Å²) < 4.78 is 0. The molecule has 2 aliphatic heterocycles. The predicted octanol–water partition coefficient (Wildman–Crippen LogP) is 1.04. The molecule has 6 heteroatoms. The average molecular weight is 323 g/mol. The largest absolute Gasteiger partial charge is 0.354 e. The summed E-state index contributed by atoms with van der Waals surface area (Å²) in [5, 5.41) is 6.65. The van der Waals surface area contributed by atoms with Gasteiger partial charge in [-0.1, -0.05) is 6.92 Å². The van der Waals surface area contributed by atoms with E-state index in [0.717, 1.165) is 57.8 Å². The lowest BCUT2D eigenvalue weighted by atomic mass is 10.1. The van der Waals surface area contributed by atoms with Crippen LogP contribution >= 0.6 is 0 Å². The molecule has 0 atom stereocenters. The Morgan fingerprint density at radius 2 is 1.83 bits per heavy atom. The maximum Gasteiger partial charge on any atom is 0.241 e. The van der Waals surface area contributed by atoms with Gasteiger partial charge in [-0.15, -0.1) is 0 Å². The fraction of sp³-hybridized carbons (Fsp3) is 0.882. The van der Waals surface area contributed by atoms with Gasteiger partial charge in [-0.3, -0.25) is 9.79 Å². The predicted molar refractivity (Wildman–Crippen MR) is 94.7 cm³/mol. The van der Waals surface area contributed by atoms with Crippen molar-refractivity contribution >= 4 is 11.9 Å². The Balaban J connectivity index is 1.68. The second-order valence-electron chi connectivity index (χ2n) is 6.63. The normalized spacial score (nSPS) is 21.3. The highest BCUT2D eigenvalue weighted by Gasteiger charge is 2.20. The summed E-state index contributed by atoms with van der Waals surface area (Å²) in [6.45, 7) is 7.88. The number of carbonyl (C=O) groups excluding carboxylic acids is 1. The van der Waals surface area contributed by atoms with E-state index in [-0.39, 0.29) is 5.91 Å². The molecule has 2 aliphatic rings. The lowest BCUT2D eigenvalue weighted by Gasteiger charge is -2.33. The summed E-state index contributed by atoms with van der Waals surface area (Å²) in [7, 11) is 1.77. The number of likely N-dealkylation sites (tertiary alicyclic amines) is 2. The van der Waals surface area contributed by atoms with Gasteiger partial charge < -0.3 is 20.4 Å². The van der Waals surface area contributed by atoms with Crippen LogP contribution in [0.2, 0.25) is 0 Å². The minimum atomic E-state index is 0.186. The second-order valence-corrected chi connectivity index (χ2v) is 6.63. The van der Waals surface area contributed by atoms with Crippen LogP contribution in [0.3, 0.4) is 0 Å². The Bertz CT molecular complexity index is 384. The summed E-state index contributed by atoms with van der Waals surface area (Å²) in [5.41, 5.74) is 0. The summed E-state index contributed by atoms with van der Waals surface area (Å²) >= 11 is 0. The molecular weight excluding hydrogens is 290 g/mol. The molecule has 2 fully saturated rings. The van der Waals surface area contributed by atoms with E-state index in [0.29, 0.717) is 12.6 Å². The van der Waals surface area contributed by atoms with Crippen LogP contribution in [-0.4, -0.2) is 74.0 Å². The van der Waals surface area contributed by atoms with Gasteiger partial charge in [0.05, 0.1) is 6.54 Å². The van der Waals surface area contributed by atoms with Gasteiger partial charge in [0.2, 0.25) is 5.91 Å². The van der Waals surface area contributed by atoms with Gasteiger partial charge in [0.15, 0.2) is 5.96 Å². The molecule has 0 bridgehead atoms. The highest BCUT2D eigenvalue weighted by atomic mass is 16.2. The van der Waals surface area contributed by atoms with Crippen LogP contribution in [0.15, 0.2) is 4.99 Å². The van der Waals surface area contributed by atoms with Gasteiger partial charge in [-0.2, -0.15) is 0 Å². The van der Waals surface area contributed by atoms with E-state index in [1.54, 1.807) is 7.05 Å². The van der Waals surface area contributed by atoms with E-state index in [4.69, 9.17) is 0 Å². The van der Waals surface area contributed by atoms with E-state index in [1.165, 1.54) is 19.4 Å². The zero-order valence-electron chi connectivity index (χ0n) is 14.8. The van der Waals surface area contributed by atoms with Crippen molar-refractivity contribution in [1.29, 1.82) is 0 Å². The number of carbonyl (C=O) groups is 1. The summed E-state index contributed by atoms with van der Waals surface area (Å²) in [5.74, 6) is 0.940. The highest BCUT2D eigenvalue weighted by molar-refractivity contribution is 5.86. The van der Waals surface area contributed by atoms with Crippen LogP contribution in [0.4, 0.5) is 0 Å². The van der Waals surface area contributed by atoms with E-state index in [2.05, 4.69) is 27.4 Å². The number of piperidine rings is 2. The lowest BCUT2D eigenvalue weighted by molar-refractivity contribution is -0.130. The number of hydrogen-bond donors (Lipinski definition) is 2. The van der Waals surface area contributed by atoms with E-state index >= 15 is 0 Å². The first kappa shape index (κ1) is 18.0. The van der Waals surface area contributed by atoms with Gasteiger partial charge in [0.1, 0.15) is 0 Å². The topological polar surface area (TPSA) is 60.0 Å². The Labute approximate surface area is 140 Å². The van der Waals surface area contributed by atoms with Crippen molar-refractivity contribution in [3.63, 3.8) is 0 Å². The SMILES string of the molecule is CCCN1CCC(NC(=NC)NCC(=O)N2CCCCC2)CC1. The third kappa shape index (κ3) is 6.01. The molecular formula is C17H33N5O. The number of nitrogens with zero attached hydrogens (tertiary/aromatic N) is 3. The molecule has 0 spiro atoms. The van der Waals surface area contributed by atoms with Crippen molar-refractivity contribution in [3.05, 3.63) is 0 Å². The van der Waals surface area contributed by atoms with Gasteiger partial charge in [0.25, 0.3) is 0 Å². The lowest BCUT2D eigenvalue weighted by Crippen LogP contribution is -2.51. The third-order valence-electron chi connectivity index (χ3n) is 4.81. The summed E-state index contributed by atoms with van der Waals surface area (Å²) in [6, 6.07) is 0.458. The molecule has 1 amide bonds.